The van der Waals surface area contributed by atoms with Crippen LogP contribution < -0.4 is 5.32 Å². The zero-order chi connectivity index (χ0) is 13.4. The predicted molar refractivity (Wildman–Crippen MR) is 72.7 cm³/mol. The van der Waals surface area contributed by atoms with E-state index in [2.05, 4.69) is 30.6 Å². The van der Waals surface area contributed by atoms with Crippen molar-refractivity contribution in [3.63, 3.8) is 0 Å². The first-order chi connectivity index (χ1) is 9.19. The topological polar surface area (TPSA) is 84.3 Å². The maximum absolute atomic E-state index is 6.04. The van der Waals surface area contributed by atoms with Crippen LogP contribution in [0.25, 0.3) is 16.9 Å². The summed E-state index contributed by atoms with van der Waals surface area (Å²) in [4.78, 5) is 8.77. The highest BCUT2D eigenvalue weighted by Gasteiger charge is 2.13. The molecule has 0 atom stereocenters. The second-order valence-electron chi connectivity index (χ2n) is 4.04. The number of nitrogens with zero attached hydrogens (tertiary/aromatic N) is 5. The summed E-state index contributed by atoms with van der Waals surface area (Å²) in [6.45, 7) is 4.56. The SMILES string of the molecule is CCNc1nc(-n2cc(Cl)c(C)n2)c2cn[nH]c2n1. The Balaban J connectivity index is 2.22. The molecule has 0 fully saturated rings. The molecule has 19 heavy (non-hydrogen) atoms. The van der Waals surface area contributed by atoms with Crippen molar-refractivity contribution in [2.75, 3.05) is 11.9 Å². The third-order valence-corrected chi connectivity index (χ3v) is 3.05. The number of halogens is 1. The molecule has 0 amide bonds. The van der Waals surface area contributed by atoms with Gasteiger partial charge in [0.15, 0.2) is 11.5 Å². The summed E-state index contributed by atoms with van der Waals surface area (Å²) in [5, 5.41) is 15.6. The van der Waals surface area contributed by atoms with E-state index in [1.165, 1.54) is 0 Å². The van der Waals surface area contributed by atoms with E-state index in [1.807, 2.05) is 13.8 Å². The van der Waals surface area contributed by atoms with Crippen LogP contribution in [-0.4, -0.2) is 36.5 Å². The maximum atomic E-state index is 6.04. The van der Waals surface area contributed by atoms with Gasteiger partial charge in [0, 0.05) is 6.54 Å². The van der Waals surface area contributed by atoms with Crippen molar-refractivity contribution in [2.45, 2.75) is 13.8 Å². The Kier molecular flexibility index (Phi) is 2.83. The van der Waals surface area contributed by atoms with Crippen LogP contribution in [0.3, 0.4) is 0 Å². The Morgan fingerprint density at radius 2 is 2.26 bits per heavy atom. The number of rotatable bonds is 3. The number of fused-ring (bicyclic) bond motifs is 1. The van der Waals surface area contributed by atoms with Gasteiger partial charge in [-0.15, -0.1) is 0 Å². The summed E-state index contributed by atoms with van der Waals surface area (Å²) in [7, 11) is 0. The summed E-state index contributed by atoms with van der Waals surface area (Å²) < 4.78 is 1.64. The van der Waals surface area contributed by atoms with Gasteiger partial charge >= 0.3 is 0 Å². The van der Waals surface area contributed by atoms with E-state index < -0.39 is 0 Å². The summed E-state index contributed by atoms with van der Waals surface area (Å²) in [6, 6.07) is 0. The van der Waals surface area contributed by atoms with Crippen LogP contribution in [0.1, 0.15) is 12.6 Å². The highest BCUT2D eigenvalue weighted by Crippen LogP contribution is 2.21. The van der Waals surface area contributed by atoms with Crippen LogP contribution in [0.4, 0.5) is 5.95 Å². The monoisotopic (exact) mass is 277 g/mol. The molecule has 0 aromatic carbocycles. The van der Waals surface area contributed by atoms with Gasteiger partial charge in [-0.05, 0) is 13.8 Å². The van der Waals surface area contributed by atoms with Gasteiger partial charge < -0.3 is 5.32 Å². The fourth-order valence-corrected chi connectivity index (χ4v) is 1.91. The summed E-state index contributed by atoms with van der Waals surface area (Å²) >= 11 is 6.04. The summed E-state index contributed by atoms with van der Waals surface area (Å²) in [5.74, 6) is 1.17. The Hall–Kier alpha value is -2.15. The molecule has 8 heteroatoms. The minimum Gasteiger partial charge on any atom is -0.354 e. The zero-order valence-corrected chi connectivity index (χ0v) is 11.2. The van der Waals surface area contributed by atoms with E-state index in [-0.39, 0.29) is 0 Å². The third-order valence-electron chi connectivity index (χ3n) is 2.68. The fraction of sp³-hybridized carbons (Fsp3) is 0.273. The fourth-order valence-electron chi connectivity index (χ4n) is 1.78. The van der Waals surface area contributed by atoms with Gasteiger partial charge in [-0.25, -0.2) is 4.68 Å². The molecule has 0 aliphatic rings. The van der Waals surface area contributed by atoms with Gasteiger partial charge in [0.2, 0.25) is 5.95 Å². The maximum Gasteiger partial charge on any atom is 0.226 e. The van der Waals surface area contributed by atoms with Gasteiger partial charge in [0.05, 0.1) is 28.5 Å². The lowest BCUT2D eigenvalue weighted by Gasteiger charge is -2.05. The van der Waals surface area contributed by atoms with Crippen molar-refractivity contribution in [3.8, 4) is 5.82 Å². The number of aromatic amines is 1. The average molecular weight is 278 g/mol. The molecule has 3 rings (SSSR count). The van der Waals surface area contributed by atoms with Gasteiger partial charge in [0.1, 0.15) is 0 Å². The average Bonchev–Trinajstić information content (AvgIpc) is 2.96. The van der Waals surface area contributed by atoms with Crippen molar-refractivity contribution >= 4 is 28.6 Å². The Labute approximate surface area is 114 Å². The van der Waals surface area contributed by atoms with Crippen molar-refractivity contribution in [1.29, 1.82) is 0 Å². The molecule has 0 unspecified atom stereocenters. The lowest BCUT2D eigenvalue weighted by Crippen LogP contribution is -2.07. The molecule has 0 radical (unpaired) electrons. The lowest BCUT2D eigenvalue weighted by atomic mass is 10.4. The molecular weight excluding hydrogens is 266 g/mol. The van der Waals surface area contributed by atoms with Crippen molar-refractivity contribution < 1.29 is 0 Å². The Bertz CT molecular complexity index is 710. The molecule has 0 aliphatic heterocycles. The number of aromatic nitrogens is 6. The number of nitrogens with one attached hydrogen (secondary N) is 2. The van der Waals surface area contributed by atoms with E-state index in [0.717, 1.165) is 17.6 Å². The highest BCUT2D eigenvalue weighted by molar-refractivity contribution is 6.31. The van der Waals surface area contributed by atoms with Crippen LogP contribution in [-0.2, 0) is 0 Å². The summed E-state index contributed by atoms with van der Waals surface area (Å²) in [6.07, 6.45) is 3.40. The third kappa shape index (κ3) is 2.01. The molecule has 0 bridgehead atoms. The van der Waals surface area contributed by atoms with E-state index in [9.17, 15) is 0 Å². The van der Waals surface area contributed by atoms with Gasteiger partial charge in [0.25, 0.3) is 0 Å². The van der Waals surface area contributed by atoms with Crippen LogP contribution in [0, 0.1) is 6.92 Å². The number of H-pyrrole nitrogens is 1. The van der Waals surface area contributed by atoms with Crippen LogP contribution >= 0.6 is 11.6 Å². The minimum absolute atomic E-state index is 0.526. The molecule has 2 N–H and O–H groups in total. The van der Waals surface area contributed by atoms with Gasteiger partial charge in [-0.3, -0.25) is 5.10 Å². The van der Waals surface area contributed by atoms with Gasteiger partial charge in [-0.2, -0.15) is 20.2 Å². The van der Waals surface area contributed by atoms with E-state index in [4.69, 9.17) is 11.6 Å². The Morgan fingerprint density at radius 3 is 2.95 bits per heavy atom. The number of aryl methyl sites for hydroxylation is 1. The molecule has 3 aromatic rings. The largest absolute Gasteiger partial charge is 0.354 e. The molecular formula is C11H12ClN7. The molecule has 0 saturated heterocycles. The zero-order valence-electron chi connectivity index (χ0n) is 10.5. The lowest BCUT2D eigenvalue weighted by molar-refractivity contribution is 0.836. The predicted octanol–water partition coefficient (Wildman–Crippen LogP) is 1.93. The molecule has 7 nitrogen and oxygen atoms in total. The minimum atomic E-state index is 0.526. The number of hydrogen-bond acceptors (Lipinski definition) is 5. The first kappa shape index (κ1) is 11.9. The molecule has 3 aromatic heterocycles. The first-order valence-electron chi connectivity index (χ1n) is 5.86. The normalized spacial score (nSPS) is 11.1. The van der Waals surface area contributed by atoms with E-state index in [1.54, 1.807) is 17.1 Å². The van der Waals surface area contributed by atoms with E-state index >= 15 is 0 Å². The molecule has 0 aliphatic carbocycles. The number of hydrogen-bond donors (Lipinski definition) is 2. The molecule has 0 saturated carbocycles. The second kappa shape index (κ2) is 4.51. The second-order valence-corrected chi connectivity index (χ2v) is 4.45. The van der Waals surface area contributed by atoms with Crippen LogP contribution in [0.5, 0.6) is 0 Å². The van der Waals surface area contributed by atoms with Crippen molar-refractivity contribution in [1.82, 2.24) is 29.9 Å². The summed E-state index contributed by atoms with van der Waals surface area (Å²) in [5.41, 5.74) is 1.41. The van der Waals surface area contributed by atoms with Crippen molar-refractivity contribution in [2.24, 2.45) is 0 Å². The molecule has 0 spiro atoms. The van der Waals surface area contributed by atoms with Gasteiger partial charge in [-0.1, -0.05) is 11.6 Å². The molecule has 98 valence electrons. The van der Waals surface area contributed by atoms with Crippen molar-refractivity contribution in [3.05, 3.63) is 23.1 Å². The Morgan fingerprint density at radius 1 is 1.42 bits per heavy atom. The standard InChI is InChI=1S/C11H12ClN7/c1-3-13-11-15-9-7(4-14-17-9)10(16-11)19-5-8(12)6(2)18-19/h4-5H,3H2,1-2H3,(H2,13,14,15,16,17). The molecule has 3 heterocycles. The van der Waals surface area contributed by atoms with E-state index in [0.29, 0.717) is 22.4 Å². The number of anilines is 1. The smallest absolute Gasteiger partial charge is 0.226 e. The highest BCUT2D eigenvalue weighted by atomic mass is 35.5. The quantitative estimate of drug-likeness (QED) is 0.764. The van der Waals surface area contributed by atoms with Crippen LogP contribution in [0.15, 0.2) is 12.4 Å². The van der Waals surface area contributed by atoms with Crippen LogP contribution in [0.2, 0.25) is 5.02 Å². The first-order valence-corrected chi connectivity index (χ1v) is 6.24.